The third-order valence-corrected chi connectivity index (χ3v) is 9.11. The third-order valence-electron chi connectivity index (χ3n) is 9.11. The highest BCUT2D eigenvalue weighted by Crippen LogP contribution is 2.55. The number of phenolic OH excluding ortho intramolecular Hbond substituents is 1. The number of carbonyl (C=O) groups excluding carboxylic acids is 2. The van der Waals surface area contributed by atoms with Crippen LogP contribution in [0.3, 0.4) is 0 Å². The molecule has 3 atom stereocenters. The summed E-state index contributed by atoms with van der Waals surface area (Å²) in [6.45, 7) is 5.83. The number of likely N-dealkylation sites (tertiary alicyclic amines) is 1. The summed E-state index contributed by atoms with van der Waals surface area (Å²) in [5.41, 5.74) is 2.24. The minimum atomic E-state index is -0.874. The zero-order valence-corrected chi connectivity index (χ0v) is 23.6. The van der Waals surface area contributed by atoms with Crippen LogP contribution in [0.4, 0.5) is 10.5 Å². The Labute approximate surface area is 235 Å². The summed E-state index contributed by atoms with van der Waals surface area (Å²) < 4.78 is 10.7. The summed E-state index contributed by atoms with van der Waals surface area (Å²) in [6, 6.07) is 13.5. The fourth-order valence-corrected chi connectivity index (χ4v) is 7.05. The topological polar surface area (TPSA) is 89.0 Å². The van der Waals surface area contributed by atoms with E-state index < -0.39 is 5.54 Å². The summed E-state index contributed by atoms with van der Waals surface area (Å²) in [5.74, 6) is 0.496. The van der Waals surface area contributed by atoms with Gasteiger partial charge in [-0.3, -0.25) is 19.5 Å². The lowest BCUT2D eigenvalue weighted by Gasteiger charge is -2.32. The lowest BCUT2D eigenvalue weighted by molar-refractivity contribution is -0.133. The van der Waals surface area contributed by atoms with Gasteiger partial charge in [0, 0.05) is 71.5 Å². The van der Waals surface area contributed by atoms with E-state index in [1.807, 2.05) is 25.1 Å². The van der Waals surface area contributed by atoms with Crippen LogP contribution < -0.4 is 9.64 Å². The number of amides is 3. The standard InChI is InChI=1S/C30H39N5O5/c1-31(2)24-7-5-22(6-8-24)25-17-23-19-33(18-21-4-9-27(39-3)26(36)16-21)20-30(23)28(37)34(29(38)35(25)30)11-10-32-12-14-40-15-13-32/h4-9,16,23,25,36H,10-15,17-20H2,1-3H3/t23-,25+,30+/m1/s1. The number of aromatic hydroxyl groups is 1. The molecule has 4 heterocycles. The molecule has 0 bridgehead atoms. The number of urea groups is 1. The number of phenols is 1. The Balaban J connectivity index is 1.27. The van der Waals surface area contributed by atoms with Gasteiger partial charge in [-0.25, -0.2) is 4.79 Å². The van der Waals surface area contributed by atoms with Crippen molar-refractivity contribution < 1.29 is 24.2 Å². The normalized spacial score (nSPS) is 26.9. The zero-order chi connectivity index (χ0) is 28.0. The van der Waals surface area contributed by atoms with Crippen LogP contribution in [-0.4, -0.2) is 116 Å². The average molecular weight is 550 g/mol. The second kappa shape index (κ2) is 10.6. The van der Waals surface area contributed by atoms with E-state index in [2.05, 4.69) is 39.0 Å². The van der Waals surface area contributed by atoms with Crippen LogP contribution in [0.25, 0.3) is 0 Å². The lowest BCUT2D eigenvalue weighted by atomic mass is 9.87. The number of hydrogen-bond donors (Lipinski definition) is 1. The number of methoxy groups -OCH3 is 1. The molecule has 0 aliphatic carbocycles. The third kappa shape index (κ3) is 4.48. The summed E-state index contributed by atoms with van der Waals surface area (Å²) in [6.07, 6.45) is 0.750. The van der Waals surface area contributed by atoms with Gasteiger partial charge in [0.15, 0.2) is 11.5 Å². The zero-order valence-electron chi connectivity index (χ0n) is 23.6. The van der Waals surface area contributed by atoms with Crippen LogP contribution in [0.15, 0.2) is 42.5 Å². The molecule has 1 spiro atoms. The Morgan fingerprint density at radius 1 is 1.05 bits per heavy atom. The molecule has 0 aromatic heterocycles. The predicted octanol–water partition coefficient (Wildman–Crippen LogP) is 2.38. The first-order chi connectivity index (χ1) is 19.3. The molecule has 10 nitrogen and oxygen atoms in total. The van der Waals surface area contributed by atoms with E-state index in [9.17, 15) is 14.7 Å². The molecule has 2 aromatic rings. The van der Waals surface area contributed by atoms with Gasteiger partial charge in [0.2, 0.25) is 0 Å². The minimum absolute atomic E-state index is 0.0303. The van der Waals surface area contributed by atoms with Gasteiger partial charge in [0.25, 0.3) is 5.91 Å². The highest BCUT2D eigenvalue weighted by molar-refractivity contribution is 6.08. The van der Waals surface area contributed by atoms with Crippen LogP contribution in [0.5, 0.6) is 11.5 Å². The van der Waals surface area contributed by atoms with E-state index >= 15 is 0 Å². The van der Waals surface area contributed by atoms with E-state index in [-0.39, 0.29) is 29.6 Å². The van der Waals surface area contributed by atoms with E-state index in [1.165, 1.54) is 12.0 Å². The molecule has 6 rings (SSSR count). The monoisotopic (exact) mass is 549 g/mol. The van der Waals surface area contributed by atoms with E-state index in [0.29, 0.717) is 51.7 Å². The first-order valence-corrected chi connectivity index (χ1v) is 14.1. The lowest BCUT2D eigenvalue weighted by Crippen LogP contribution is -2.51. The van der Waals surface area contributed by atoms with Gasteiger partial charge in [0.05, 0.1) is 26.4 Å². The van der Waals surface area contributed by atoms with Crippen molar-refractivity contribution in [3.63, 3.8) is 0 Å². The van der Waals surface area contributed by atoms with Crippen molar-refractivity contribution in [2.45, 2.75) is 24.5 Å². The van der Waals surface area contributed by atoms with Gasteiger partial charge < -0.3 is 24.4 Å². The second-order valence-corrected chi connectivity index (χ2v) is 11.6. The average Bonchev–Trinajstić information content (AvgIpc) is 3.53. The molecule has 0 saturated carbocycles. The molecule has 4 aliphatic heterocycles. The van der Waals surface area contributed by atoms with Crippen molar-refractivity contribution in [2.75, 3.05) is 78.6 Å². The summed E-state index contributed by atoms with van der Waals surface area (Å²) in [4.78, 5) is 38.3. The van der Waals surface area contributed by atoms with E-state index in [4.69, 9.17) is 9.47 Å². The summed E-state index contributed by atoms with van der Waals surface area (Å²) in [5, 5.41) is 10.3. The fraction of sp³-hybridized carbons (Fsp3) is 0.533. The molecule has 0 radical (unpaired) electrons. The van der Waals surface area contributed by atoms with Crippen molar-refractivity contribution in [1.82, 2.24) is 19.6 Å². The molecule has 0 unspecified atom stereocenters. The Hall–Kier alpha value is -3.34. The van der Waals surface area contributed by atoms with E-state index in [1.54, 1.807) is 12.1 Å². The maximum Gasteiger partial charge on any atom is 0.328 e. The number of rotatable bonds is 8. The number of anilines is 1. The molecule has 3 amide bonds. The maximum absolute atomic E-state index is 14.3. The van der Waals surface area contributed by atoms with E-state index in [0.717, 1.165) is 36.3 Å². The maximum atomic E-state index is 14.3. The van der Waals surface area contributed by atoms with Crippen LogP contribution in [0.1, 0.15) is 23.6 Å². The molecular formula is C30H39N5O5. The highest BCUT2D eigenvalue weighted by Gasteiger charge is 2.70. The van der Waals surface area contributed by atoms with Gasteiger partial charge in [-0.05, 0) is 41.8 Å². The van der Waals surface area contributed by atoms with Crippen LogP contribution >= 0.6 is 0 Å². The smallest absolute Gasteiger partial charge is 0.328 e. The number of ether oxygens (including phenoxy) is 2. The first-order valence-electron chi connectivity index (χ1n) is 14.1. The Morgan fingerprint density at radius 3 is 2.48 bits per heavy atom. The van der Waals surface area contributed by atoms with Crippen molar-refractivity contribution in [2.24, 2.45) is 5.92 Å². The molecular weight excluding hydrogens is 510 g/mol. The van der Waals surface area contributed by atoms with Gasteiger partial charge in [-0.2, -0.15) is 0 Å². The minimum Gasteiger partial charge on any atom is -0.504 e. The number of carbonyl (C=O) groups is 2. The molecule has 214 valence electrons. The van der Waals surface area contributed by atoms with Gasteiger partial charge >= 0.3 is 6.03 Å². The molecule has 10 heteroatoms. The highest BCUT2D eigenvalue weighted by atomic mass is 16.5. The predicted molar refractivity (Wildman–Crippen MR) is 150 cm³/mol. The molecule has 2 aromatic carbocycles. The quantitative estimate of drug-likeness (QED) is 0.503. The van der Waals surface area contributed by atoms with Crippen molar-refractivity contribution >= 4 is 17.6 Å². The Kier molecular flexibility index (Phi) is 7.10. The number of benzene rings is 2. The number of imide groups is 1. The van der Waals surface area contributed by atoms with Gasteiger partial charge in [-0.15, -0.1) is 0 Å². The number of hydrogen-bond acceptors (Lipinski definition) is 8. The first kappa shape index (κ1) is 26.9. The molecule has 40 heavy (non-hydrogen) atoms. The van der Waals surface area contributed by atoms with Crippen LogP contribution in [0, 0.1) is 5.92 Å². The number of nitrogens with zero attached hydrogens (tertiary/aromatic N) is 5. The SMILES string of the molecule is COc1ccc(CN2C[C@H]3C[C@@H](c4ccc(N(C)C)cc4)N4C(=O)N(CCN5CCOCC5)C(=O)[C@]34C2)cc1O. The van der Waals surface area contributed by atoms with Crippen LogP contribution in [0.2, 0.25) is 0 Å². The van der Waals surface area contributed by atoms with Crippen molar-refractivity contribution in [3.8, 4) is 11.5 Å². The largest absolute Gasteiger partial charge is 0.504 e. The molecule has 1 N–H and O–H groups in total. The van der Waals surface area contributed by atoms with Crippen molar-refractivity contribution in [3.05, 3.63) is 53.6 Å². The van der Waals surface area contributed by atoms with Gasteiger partial charge in [-0.1, -0.05) is 18.2 Å². The van der Waals surface area contributed by atoms with Crippen molar-refractivity contribution in [1.29, 1.82) is 0 Å². The molecule has 4 aliphatic rings. The summed E-state index contributed by atoms with van der Waals surface area (Å²) in [7, 11) is 5.55. The summed E-state index contributed by atoms with van der Waals surface area (Å²) >= 11 is 0. The van der Waals surface area contributed by atoms with Gasteiger partial charge in [0.1, 0.15) is 5.54 Å². The fourth-order valence-electron chi connectivity index (χ4n) is 7.05. The molecule has 4 saturated heterocycles. The second-order valence-electron chi connectivity index (χ2n) is 11.6. The Morgan fingerprint density at radius 2 is 1.80 bits per heavy atom. The number of morpholine rings is 1. The van der Waals surface area contributed by atoms with Crippen LogP contribution in [-0.2, 0) is 16.1 Å². The Bertz CT molecular complexity index is 1260. The molecule has 4 fully saturated rings.